The van der Waals surface area contributed by atoms with Crippen LogP contribution in [-0.4, -0.2) is 13.7 Å². The maximum atomic E-state index is 5.56. The molecule has 0 spiro atoms. The molecule has 0 aliphatic carbocycles. The van der Waals surface area contributed by atoms with Gasteiger partial charge in [-0.15, -0.1) is 0 Å². The number of rotatable bonds is 4. The number of nitrogens with two attached hydrogens (primary N) is 1. The van der Waals surface area contributed by atoms with Gasteiger partial charge in [-0.3, -0.25) is 0 Å². The highest BCUT2D eigenvalue weighted by atomic mass is 16.5. The molecule has 0 heterocycles. The van der Waals surface area contributed by atoms with E-state index in [0.717, 1.165) is 18.7 Å². The van der Waals surface area contributed by atoms with Crippen molar-refractivity contribution in [3.63, 3.8) is 0 Å². The van der Waals surface area contributed by atoms with Gasteiger partial charge in [-0.05, 0) is 36.6 Å². The Balaban J connectivity index is 2.66. The van der Waals surface area contributed by atoms with E-state index >= 15 is 0 Å². The quantitative estimate of drug-likeness (QED) is 0.765. The fourth-order valence-electron chi connectivity index (χ4n) is 1.29. The molecule has 72 valence electrons. The summed E-state index contributed by atoms with van der Waals surface area (Å²) in [6.07, 6.45) is 1.02. The Kier molecular flexibility index (Phi) is 3.77. The van der Waals surface area contributed by atoms with Crippen molar-refractivity contribution in [2.75, 3.05) is 13.7 Å². The lowest BCUT2D eigenvalue weighted by Crippen LogP contribution is -2.12. The molecule has 2 heteroatoms. The summed E-state index contributed by atoms with van der Waals surface area (Å²) in [6.45, 7) is 2.89. The number of hydrogen-bond donors (Lipinski definition) is 1. The molecular formula is C11H17NO. The van der Waals surface area contributed by atoms with Gasteiger partial charge in [0.2, 0.25) is 0 Å². The molecule has 2 nitrogen and oxygen atoms in total. The fourth-order valence-corrected chi connectivity index (χ4v) is 1.29. The Labute approximate surface area is 79.7 Å². The van der Waals surface area contributed by atoms with E-state index in [1.165, 1.54) is 5.56 Å². The van der Waals surface area contributed by atoms with Crippen LogP contribution in [0.4, 0.5) is 0 Å². The van der Waals surface area contributed by atoms with E-state index in [0.29, 0.717) is 5.92 Å². The Bertz CT molecular complexity index is 260. The first kappa shape index (κ1) is 10.1. The van der Waals surface area contributed by atoms with E-state index in [2.05, 4.69) is 19.1 Å². The van der Waals surface area contributed by atoms with Crippen LogP contribution < -0.4 is 10.5 Å². The summed E-state index contributed by atoms with van der Waals surface area (Å²) < 4.78 is 5.14. The normalized spacial score (nSPS) is 12.5. The third-order valence-corrected chi connectivity index (χ3v) is 2.12. The summed E-state index contributed by atoms with van der Waals surface area (Å²) in [4.78, 5) is 0. The number of hydrogen-bond acceptors (Lipinski definition) is 2. The van der Waals surface area contributed by atoms with E-state index in [-0.39, 0.29) is 0 Å². The van der Waals surface area contributed by atoms with Gasteiger partial charge in [0.15, 0.2) is 0 Å². The van der Waals surface area contributed by atoms with Crippen molar-refractivity contribution in [1.82, 2.24) is 0 Å². The number of benzene rings is 1. The van der Waals surface area contributed by atoms with Crippen LogP contribution in [0.3, 0.4) is 0 Å². The van der Waals surface area contributed by atoms with Crippen LogP contribution in [0.2, 0.25) is 0 Å². The van der Waals surface area contributed by atoms with Gasteiger partial charge in [0.1, 0.15) is 5.75 Å². The molecule has 0 radical (unpaired) electrons. The molecule has 0 bridgehead atoms. The maximum absolute atomic E-state index is 5.56. The molecule has 0 amide bonds. The molecule has 1 aromatic carbocycles. The summed E-state index contributed by atoms with van der Waals surface area (Å²) in [5.74, 6) is 1.45. The Morgan fingerprint density at radius 1 is 1.46 bits per heavy atom. The summed E-state index contributed by atoms with van der Waals surface area (Å²) in [5, 5.41) is 0. The van der Waals surface area contributed by atoms with Crippen molar-refractivity contribution < 1.29 is 4.74 Å². The van der Waals surface area contributed by atoms with Crippen molar-refractivity contribution >= 4 is 0 Å². The first-order chi connectivity index (χ1) is 6.26. The molecule has 0 aliphatic heterocycles. The van der Waals surface area contributed by atoms with Gasteiger partial charge in [0, 0.05) is 0 Å². The zero-order chi connectivity index (χ0) is 9.68. The van der Waals surface area contributed by atoms with Crippen molar-refractivity contribution in [2.45, 2.75) is 13.3 Å². The summed E-state index contributed by atoms with van der Waals surface area (Å²) in [5.41, 5.74) is 6.85. The lowest BCUT2D eigenvalue weighted by Gasteiger charge is -2.09. The fraction of sp³-hybridized carbons (Fsp3) is 0.455. The standard InChI is InChI=1S/C11H17NO/c1-9(8-12)6-10-4-3-5-11(7-10)13-2/h3-5,7,9H,6,8,12H2,1-2H3/t9-/m0/s1. The van der Waals surface area contributed by atoms with Crippen LogP contribution >= 0.6 is 0 Å². The molecule has 1 rings (SSSR count). The van der Waals surface area contributed by atoms with Crippen LogP contribution in [-0.2, 0) is 6.42 Å². The van der Waals surface area contributed by atoms with Crippen molar-refractivity contribution in [3.8, 4) is 5.75 Å². The molecular weight excluding hydrogens is 162 g/mol. The third-order valence-electron chi connectivity index (χ3n) is 2.12. The van der Waals surface area contributed by atoms with Crippen LogP contribution in [0.25, 0.3) is 0 Å². The van der Waals surface area contributed by atoms with Gasteiger partial charge in [-0.2, -0.15) is 0 Å². The molecule has 1 aromatic rings. The molecule has 2 N–H and O–H groups in total. The molecule has 0 saturated carbocycles. The maximum Gasteiger partial charge on any atom is 0.119 e. The monoisotopic (exact) mass is 179 g/mol. The predicted molar refractivity (Wildman–Crippen MR) is 54.9 cm³/mol. The Morgan fingerprint density at radius 2 is 2.23 bits per heavy atom. The van der Waals surface area contributed by atoms with E-state index in [1.807, 2.05) is 12.1 Å². The molecule has 0 aliphatic rings. The van der Waals surface area contributed by atoms with Gasteiger partial charge >= 0.3 is 0 Å². The molecule has 0 unspecified atom stereocenters. The van der Waals surface area contributed by atoms with E-state index < -0.39 is 0 Å². The smallest absolute Gasteiger partial charge is 0.119 e. The molecule has 0 saturated heterocycles. The van der Waals surface area contributed by atoms with Crippen LogP contribution in [0.5, 0.6) is 5.75 Å². The van der Waals surface area contributed by atoms with Gasteiger partial charge in [0.25, 0.3) is 0 Å². The third kappa shape index (κ3) is 3.07. The second kappa shape index (κ2) is 4.87. The van der Waals surface area contributed by atoms with E-state index in [1.54, 1.807) is 7.11 Å². The minimum atomic E-state index is 0.534. The zero-order valence-corrected chi connectivity index (χ0v) is 8.29. The largest absolute Gasteiger partial charge is 0.497 e. The van der Waals surface area contributed by atoms with Gasteiger partial charge in [0.05, 0.1) is 7.11 Å². The van der Waals surface area contributed by atoms with E-state index in [4.69, 9.17) is 10.5 Å². The van der Waals surface area contributed by atoms with Crippen LogP contribution in [0.15, 0.2) is 24.3 Å². The second-order valence-electron chi connectivity index (χ2n) is 3.40. The van der Waals surface area contributed by atoms with Crippen molar-refractivity contribution in [2.24, 2.45) is 11.7 Å². The molecule has 0 aromatic heterocycles. The highest BCUT2D eigenvalue weighted by Gasteiger charge is 2.01. The van der Waals surface area contributed by atoms with Crippen molar-refractivity contribution in [3.05, 3.63) is 29.8 Å². The zero-order valence-electron chi connectivity index (χ0n) is 8.29. The van der Waals surface area contributed by atoms with Crippen molar-refractivity contribution in [1.29, 1.82) is 0 Å². The summed E-state index contributed by atoms with van der Waals surface area (Å²) >= 11 is 0. The highest BCUT2D eigenvalue weighted by Crippen LogP contribution is 2.15. The first-order valence-electron chi connectivity index (χ1n) is 4.59. The molecule has 1 atom stereocenters. The number of ether oxygens (including phenoxy) is 1. The van der Waals surface area contributed by atoms with Crippen LogP contribution in [0.1, 0.15) is 12.5 Å². The lowest BCUT2D eigenvalue weighted by atomic mass is 10.0. The topological polar surface area (TPSA) is 35.2 Å². The predicted octanol–water partition coefficient (Wildman–Crippen LogP) is 1.83. The lowest BCUT2D eigenvalue weighted by molar-refractivity contribution is 0.414. The summed E-state index contributed by atoms with van der Waals surface area (Å²) in [6, 6.07) is 8.13. The van der Waals surface area contributed by atoms with Crippen LogP contribution in [0, 0.1) is 5.92 Å². The highest BCUT2D eigenvalue weighted by molar-refractivity contribution is 5.28. The molecule has 0 fully saturated rings. The van der Waals surface area contributed by atoms with Gasteiger partial charge in [-0.25, -0.2) is 0 Å². The average molecular weight is 179 g/mol. The summed E-state index contributed by atoms with van der Waals surface area (Å²) in [7, 11) is 1.69. The SMILES string of the molecule is COc1cccc(C[C@H](C)CN)c1. The van der Waals surface area contributed by atoms with Gasteiger partial charge < -0.3 is 10.5 Å². The molecule has 13 heavy (non-hydrogen) atoms. The minimum absolute atomic E-state index is 0.534. The second-order valence-corrected chi connectivity index (χ2v) is 3.40. The minimum Gasteiger partial charge on any atom is -0.497 e. The van der Waals surface area contributed by atoms with Gasteiger partial charge in [-0.1, -0.05) is 19.1 Å². The first-order valence-corrected chi connectivity index (χ1v) is 4.59. The number of methoxy groups -OCH3 is 1. The Hall–Kier alpha value is -1.02. The van der Waals surface area contributed by atoms with E-state index in [9.17, 15) is 0 Å². The average Bonchev–Trinajstić information content (AvgIpc) is 2.18. The Morgan fingerprint density at radius 3 is 2.85 bits per heavy atom.